The Hall–Kier alpha value is -1.86. The van der Waals surface area contributed by atoms with E-state index >= 15 is 0 Å². The summed E-state index contributed by atoms with van der Waals surface area (Å²) in [5.74, 6) is 5.52. The van der Waals surface area contributed by atoms with E-state index < -0.39 is 0 Å². The molecule has 0 fully saturated rings. The van der Waals surface area contributed by atoms with Crippen LogP contribution in [0.3, 0.4) is 0 Å². The van der Waals surface area contributed by atoms with Crippen LogP contribution in [-0.4, -0.2) is 20.1 Å². The minimum Gasteiger partial charge on any atom is -0.336 e. The molecular formula is C7H7N5O2. The molecule has 2 aromatic heterocycles. The van der Waals surface area contributed by atoms with Crippen molar-refractivity contribution in [1.29, 1.82) is 0 Å². The second-order valence-corrected chi connectivity index (χ2v) is 2.41. The molecule has 7 heteroatoms. The van der Waals surface area contributed by atoms with E-state index in [0.29, 0.717) is 17.4 Å². The highest BCUT2D eigenvalue weighted by atomic mass is 16.6. The van der Waals surface area contributed by atoms with Gasteiger partial charge in [-0.05, 0) is 0 Å². The standard InChI is InChI=1S/C7H7N5O2/c8-13-4-6-11-7(12-14-6)5-3-9-1-2-10-5/h1-3H,4,8H2. The van der Waals surface area contributed by atoms with Crippen molar-refractivity contribution in [3.8, 4) is 11.5 Å². The third-order valence-corrected chi connectivity index (χ3v) is 1.47. The molecule has 2 N–H and O–H groups in total. The van der Waals surface area contributed by atoms with Crippen molar-refractivity contribution in [1.82, 2.24) is 20.1 Å². The molecule has 0 saturated heterocycles. The second kappa shape index (κ2) is 3.90. The molecule has 2 rings (SSSR count). The highest BCUT2D eigenvalue weighted by Gasteiger charge is 2.08. The Morgan fingerprint density at radius 1 is 1.43 bits per heavy atom. The largest absolute Gasteiger partial charge is 0.336 e. The van der Waals surface area contributed by atoms with Crippen LogP contribution in [0.25, 0.3) is 11.5 Å². The van der Waals surface area contributed by atoms with Crippen molar-refractivity contribution < 1.29 is 9.36 Å². The Balaban J connectivity index is 2.25. The van der Waals surface area contributed by atoms with Crippen molar-refractivity contribution >= 4 is 0 Å². The van der Waals surface area contributed by atoms with Crippen LogP contribution in [-0.2, 0) is 11.4 Å². The molecule has 0 atom stereocenters. The molecule has 0 aliphatic heterocycles. The van der Waals surface area contributed by atoms with Crippen LogP contribution < -0.4 is 5.90 Å². The molecule has 0 radical (unpaired) electrons. The monoisotopic (exact) mass is 193 g/mol. The maximum atomic E-state index is 4.85. The number of nitrogens with two attached hydrogens (primary N) is 1. The van der Waals surface area contributed by atoms with Gasteiger partial charge in [0.25, 0.3) is 5.89 Å². The average molecular weight is 193 g/mol. The van der Waals surface area contributed by atoms with Gasteiger partial charge in [-0.2, -0.15) is 4.98 Å². The maximum absolute atomic E-state index is 4.85. The lowest BCUT2D eigenvalue weighted by Gasteiger charge is -1.89. The van der Waals surface area contributed by atoms with Gasteiger partial charge < -0.3 is 4.52 Å². The van der Waals surface area contributed by atoms with E-state index in [2.05, 4.69) is 24.9 Å². The molecule has 0 saturated carbocycles. The predicted molar refractivity (Wildman–Crippen MR) is 44.3 cm³/mol. The maximum Gasteiger partial charge on any atom is 0.255 e. The van der Waals surface area contributed by atoms with E-state index in [1.54, 1.807) is 12.4 Å². The lowest BCUT2D eigenvalue weighted by molar-refractivity contribution is 0.0996. The molecule has 7 nitrogen and oxygen atoms in total. The fourth-order valence-electron chi connectivity index (χ4n) is 0.903. The average Bonchev–Trinajstić information content (AvgIpc) is 2.68. The zero-order chi connectivity index (χ0) is 9.80. The molecule has 14 heavy (non-hydrogen) atoms. The zero-order valence-electron chi connectivity index (χ0n) is 7.12. The molecule has 0 amide bonds. The molecule has 0 aromatic carbocycles. The summed E-state index contributed by atoms with van der Waals surface area (Å²) in [6, 6.07) is 0. The summed E-state index contributed by atoms with van der Waals surface area (Å²) in [7, 11) is 0. The van der Waals surface area contributed by atoms with E-state index in [9.17, 15) is 0 Å². The van der Waals surface area contributed by atoms with Crippen molar-refractivity contribution in [2.24, 2.45) is 5.90 Å². The molecule has 2 aromatic rings. The minimum atomic E-state index is 0.0766. The number of hydrogen-bond donors (Lipinski definition) is 1. The first-order valence-corrected chi connectivity index (χ1v) is 3.81. The van der Waals surface area contributed by atoms with E-state index in [1.165, 1.54) is 6.20 Å². The molecular weight excluding hydrogens is 186 g/mol. The first kappa shape index (κ1) is 8.73. The van der Waals surface area contributed by atoms with Crippen LogP contribution in [0.15, 0.2) is 23.1 Å². The van der Waals surface area contributed by atoms with Gasteiger partial charge >= 0.3 is 0 Å². The fourth-order valence-corrected chi connectivity index (χ4v) is 0.903. The fraction of sp³-hybridized carbons (Fsp3) is 0.143. The van der Waals surface area contributed by atoms with E-state index in [-0.39, 0.29) is 6.61 Å². The van der Waals surface area contributed by atoms with Crippen LogP contribution in [0.1, 0.15) is 5.89 Å². The van der Waals surface area contributed by atoms with Gasteiger partial charge in [-0.25, -0.2) is 10.9 Å². The molecule has 72 valence electrons. The van der Waals surface area contributed by atoms with Gasteiger partial charge in [0.15, 0.2) is 0 Å². The Bertz CT molecular complexity index is 401. The smallest absolute Gasteiger partial charge is 0.255 e. The van der Waals surface area contributed by atoms with Gasteiger partial charge in [-0.15, -0.1) is 0 Å². The number of aromatic nitrogens is 4. The number of nitrogens with zero attached hydrogens (tertiary/aromatic N) is 4. The van der Waals surface area contributed by atoms with Crippen molar-refractivity contribution in [3.63, 3.8) is 0 Å². The van der Waals surface area contributed by atoms with Crippen LogP contribution in [0.4, 0.5) is 0 Å². The summed E-state index contributed by atoms with van der Waals surface area (Å²) in [6.07, 6.45) is 4.65. The Morgan fingerprint density at radius 2 is 2.36 bits per heavy atom. The Kier molecular flexibility index (Phi) is 2.43. The van der Waals surface area contributed by atoms with E-state index in [4.69, 9.17) is 10.4 Å². The quantitative estimate of drug-likeness (QED) is 0.680. The summed E-state index contributed by atoms with van der Waals surface area (Å²) in [4.78, 5) is 16.2. The summed E-state index contributed by atoms with van der Waals surface area (Å²) in [6.45, 7) is 0.0766. The van der Waals surface area contributed by atoms with Gasteiger partial charge in [0, 0.05) is 12.4 Å². The van der Waals surface area contributed by atoms with Crippen LogP contribution in [0.5, 0.6) is 0 Å². The predicted octanol–water partition coefficient (Wildman–Crippen LogP) is -0.0831. The van der Waals surface area contributed by atoms with Gasteiger partial charge in [0.05, 0.1) is 6.20 Å². The van der Waals surface area contributed by atoms with Gasteiger partial charge in [-0.1, -0.05) is 5.16 Å². The topological polar surface area (TPSA) is 100.0 Å². The van der Waals surface area contributed by atoms with Crippen molar-refractivity contribution in [2.45, 2.75) is 6.61 Å². The Labute approximate surface area is 78.9 Å². The second-order valence-electron chi connectivity index (χ2n) is 2.41. The summed E-state index contributed by atoms with van der Waals surface area (Å²) < 4.78 is 4.83. The van der Waals surface area contributed by atoms with Crippen molar-refractivity contribution in [3.05, 3.63) is 24.5 Å². The molecule has 0 spiro atoms. The summed E-state index contributed by atoms with van der Waals surface area (Å²) in [5.41, 5.74) is 0.541. The minimum absolute atomic E-state index is 0.0766. The molecule has 0 bridgehead atoms. The van der Waals surface area contributed by atoms with Crippen LogP contribution in [0, 0.1) is 0 Å². The van der Waals surface area contributed by atoms with E-state index in [1.807, 2.05) is 0 Å². The summed E-state index contributed by atoms with van der Waals surface area (Å²) >= 11 is 0. The van der Waals surface area contributed by atoms with Gasteiger partial charge in [0.2, 0.25) is 5.82 Å². The molecule has 0 aliphatic carbocycles. The molecule has 0 aliphatic rings. The number of rotatable bonds is 3. The van der Waals surface area contributed by atoms with Crippen LogP contribution >= 0.6 is 0 Å². The zero-order valence-corrected chi connectivity index (χ0v) is 7.12. The third-order valence-electron chi connectivity index (χ3n) is 1.47. The Morgan fingerprint density at radius 3 is 3.07 bits per heavy atom. The SMILES string of the molecule is NOCc1nc(-c2cnccn2)no1. The normalized spacial score (nSPS) is 10.4. The van der Waals surface area contributed by atoms with Crippen molar-refractivity contribution in [2.75, 3.05) is 0 Å². The van der Waals surface area contributed by atoms with Gasteiger partial charge in [0.1, 0.15) is 12.3 Å². The molecule has 2 heterocycles. The first-order valence-electron chi connectivity index (χ1n) is 3.81. The van der Waals surface area contributed by atoms with Gasteiger partial charge in [-0.3, -0.25) is 9.82 Å². The summed E-state index contributed by atoms with van der Waals surface area (Å²) in [5, 5.41) is 3.68. The molecule has 0 unspecified atom stereocenters. The van der Waals surface area contributed by atoms with Crippen LogP contribution in [0.2, 0.25) is 0 Å². The third kappa shape index (κ3) is 1.73. The van der Waals surface area contributed by atoms with E-state index in [0.717, 1.165) is 0 Å². The first-order chi connectivity index (χ1) is 6.90. The lowest BCUT2D eigenvalue weighted by Crippen LogP contribution is -1.98. The number of hydrogen-bond acceptors (Lipinski definition) is 7. The highest BCUT2D eigenvalue weighted by molar-refractivity contribution is 5.45. The lowest BCUT2D eigenvalue weighted by atomic mass is 10.4. The highest BCUT2D eigenvalue weighted by Crippen LogP contribution is 2.10.